The molecule has 174 valence electrons. The molecule has 1 rings (SSSR count). The fraction of sp³-hybridized carbons (Fsp3) is 0.857. The largest absolute Gasteiger partial charge is 0.480 e. The first kappa shape index (κ1) is 26.3. The van der Waals surface area contributed by atoms with Crippen molar-refractivity contribution in [2.45, 2.75) is 59.0 Å². The Hall–Kier alpha value is -1.71. The molecular weight excluding hydrogens is 390 g/mol. The molecule has 0 amide bonds. The first-order valence-corrected chi connectivity index (χ1v) is 10.9. The molecule has 3 N–H and O–H groups in total. The Balaban J connectivity index is 3.23. The molecule has 0 aromatic rings. The van der Waals surface area contributed by atoms with Crippen molar-refractivity contribution >= 4 is 17.9 Å². The van der Waals surface area contributed by atoms with Crippen LogP contribution in [0.4, 0.5) is 0 Å². The zero-order chi connectivity index (χ0) is 22.8. The summed E-state index contributed by atoms with van der Waals surface area (Å²) in [5.74, 6) is -2.07. The summed E-state index contributed by atoms with van der Waals surface area (Å²) in [6.07, 6.45) is 2.04. The number of carboxylic acids is 3. The highest BCUT2D eigenvalue weighted by Crippen LogP contribution is 2.22. The topological polar surface area (TPSA) is 122 Å². The van der Waals surface area contributed by atoms with Gasteiger partial charge in [-0.2, -0.15) is 0 Å². The number of carboxylic acid groups (broad SMARTS) is 3. The number of hydrogen-bond donors (Lipinski definition) is 3. The van der Waals surface area contributed by atoms with Gasteiger partial charge < -0.3 is 15.3 Å². The van der Waals surface area contributed by atoms with Crippen LogP contribution in [0.5, 0.6) is 0 Å². The van der Waals surface area contributed by atoms with Crippen LogP contribution in [0.15, 0.2) is 0 Å². The minimum atomic E-state index is -0.945. The predicted octanol–water partition coefficient (Wildman–Crippen LogP) is 1.38. The quantitative estimate of drug-likeness (QED) is 0.447. The highest BCUT2D eigenvalue weighted by molar-refractivity contribution is 5.73. The zero-order valence-electron chi connectivity index (χ0n) is 18.8. The van der Waals surface area contributed by atoms with E-state index in [9.17, 15) is 29.7 Å². The fourth-order valence-corrected chi connectivity index (χ4v) is 4.10. The molecule has 2 unspecified atom stereocenters. The van der Waals surface area contributed by atoms with Gasteiger partial charge in [0.25, 0.3) is 0 Å². The molecule has 0 aromatic heterocycles. The molecule has 30 heavy (non-hydrogen) atoms. The van der Waals surface area contributed by atoms with E-state index in [1.54, 1.807) is 4.90 Å². The second kappa shape index (κ2) is 12.9. The zero-order valence-corrected chi connectivity index (χ0v) is 18.8. The van der Waals surface area contributed by atoms with Gasteiger partial charge in [0.15, 0.2) is 0 Å². The lowest BCUT2D eigenvalue weighted by atomic mass is 9.96. The SMILES string of the molecule is CC(C)CCC(C(=O)O)N1CCN(CC(=O)O)CCN(CC(=O)O)CC1CC(C)C. The van der Waals surface area contributed by atoms with Crippen LogP contribution < -0.4 is 0 Å². The first-order valence-electron chi connectivity index (χ1n) is 10.9. The average Bonchev–Trinajstić information content (AvgIpc) is 2.65. The van der Waals surface area contributed by atoms with Gasteiger partial charge in [0, 0.05) is 38.8 Å². The normalized spacial score (nSPS) is 21.2. The van der Waals surface area contributed by atoms with Gasteiger partial charge in [0.2, 0.25) is 0 Å². The molecule has 0 aromatic carbocycles. The molecule has 1 heterocycles. The maximum Gasteiger partial charge on any atom is 0.320 e. The summed E-state index contributed by atoms with van der Waals surface area (Å²) in [6.45, 7) is 10.2. The van der Waals surface area contributed by atoms with Crippen LogP contribution in [0.3, 0.4) is 0 Å². The molecule has 0 aliphatic carbocycles. The molecule has 2 atom stereocenters. The summed E-state index contributed by atoms with van der Waals surface area (Å²) in [4.78, 5) is 40.4. The lowest BCUT2D eigenvalue weighted by Crippen LogP contribution is -2.53. The summed E-state index contributed by atoms with van der Waals surface area (Å²) < 4.78 is 0. The molecule has 0 saturated carbocycles. The maximum absolute atomic E-state index is 12.2. The highest BCUT2D eigenvalue weighted by atomic mass is 16.4. The first-order chi connectivity index (χ1) is 14.0. The Labute approximate surface area is 179 Å². The summed E-state index contributed by atoms with van der Waals surface area (Å²) in [5, 5.41) is 28.5. The molecule has 1 aliphatic heterocycles. The number of rotatable bonds is 11. The van der Waals surface area contributed by atoms with Crippen LogP contribution in [0.25, 0.3) is 0 Å². The summed E-state index contributed by atoms with van der Waals surface area (Å²) in [5.41, 5.74) is 0. The van der Waals surface area contributed by atoms with Crippen molar-refractivity contribution in [2.24, 2.45) is 11.8 Å². The van der Waals surface area contributed by atoms with Crippen LogP contribution in [0.2, 0.25) is 0 Å². The van der Waals surface area contributed by atoms with E-state index in [1.165, 1.54) is 0 Å². The van der Waals surface area contributed by atoms with Crippen molar-refractivity contribution in [2.75, 3.05) is 45.8 Å². The third-order valence-electron chi connectivity index (χ3n) is 5.51. The van der Waals surface area contributed by atoms with Crippen molar-refractivity contribution in [3.05, 3.63) is 0 Å². The van der Waals surface area contributed by atoms with Crippen LogP contribution in [0, 0.1) is 11.8 Å². The predicted molar refractivity (Wildman–Crippen MR) is 114 cm³/mol. The van der Waals surface area contributed by atoms with Crippen LogP contribution in [-0.4, -0.2) is 106 Å². The Bertz CT molecular complexity index is 569. The van der Waals surface area contributed by atoms with Gasteiger partial charge in [0.05, 0.1) is 13.1 Å². The summed E-state index contributed by atoms with van der Waals surface area (Å²) >= 11 is 0. The molecule has 9 heteroatoms. The van der Waals surface area contributed by atoms with E-state index in [4.69, 9.17) is 0 Å². The monoisotopic (exact) mass is 429 g/mol. The second-order valence-electron chi connectivity index (χ2n) is 9.15. The number of hydrogen-bond acceptors (Lipinski definition) is 6. The van der Waals surface area contributed by atoms with Crippen molar-refractivity contribution in [1.29, 1.82) is 0 Å². The van der Waals surface area contributed by atoms with Crippen LogP contribution >= 0.6 is 0 Å². The van der Waals surface area contributed by atoms with Gasteiger partial charge in [-0.05, 0) is 31.1 Å². The second-order valence-corrected chi connectivity index (χ2v) is 9.15. The van der Waals surface area contributed by atoms with E-state index >= 15 is 0 Å². The molecule has 0 radical (unpaired) electrons. The smallest absolute Gasteiger partial charge is 0.320 e. The van der Waals surface area contributed by atoms with E-state index in [0.717, 1.165) is 12.8 Å². The van der Waals surface area contributed by atoms with E-state index in [2.05, 4.69) is 27.7 Å². The summed E-state index contributed by atoms with van der Waals surface area (Å²) in [7, 11) is 0. The third-order valence-corrected chi connectivity index (χ3v) is 5.51. The Kier molecular flexibility index (Phi) is 11.3. The highest BCUT2D eigenvalue weighted by Gasteiger charge is 2.34. The van der Waals surface area contributed by atoms with Gasteiger partial charge in [0.1, 0.15) is 6.04 Å². The fourth-order valence-electron chi connectivity index (χ4n) is 4.10. The Morgan fingerprint density at radius 3 is 1.83 bits per heavy atom. The van der Waals surface area contributed by atoms with Gasteiger partial charge in [-0.15, -0.1) is 0 Å². The molecule has 1 aliphatic rings. The van der Waals surface area contributed by atoms with Crippen LogP contribution in [0.1, 0.15) is 47.0 Å². The van der Waals surface area contributed by atoms with Crippen molar-refractivity contribution < 1.29 is 29.7 Å². The molecule has 1 saturated heterocycles. The standard InChI is InChI=1S/C21H39N3O6/c1-15(2)5-6-18(21(29)30)24-10-9-22(13-19(25)26)7-8-23(14-20(27)28)12-17(24)11-16(3)4/h15-18H,5-14H2,1-4H3,(H,25,26)(H,27,28)(H,29,30). The lowest BCUT2D eigenvalue weighted by Gasteiger charge is -2.39. The molecule has 0 bridgehead atoms. The molecule has 1 fully saturated rings. The Morgan fingerprint density at radius 1 is 0.800 bits per heavy atom. The third kappa shape index (κ3) is 9.86. The average molecular weight is 430 g/mol. The van der Waals surface area contributed by atoms with E-state index < -0.39 is 23.9 Å². The van der Waals surface area contributed by atoms with Crippen molar-refractivity contribution in [3.8, 4) is 0 Å². The lowest BCUT2D eigenvalue weighted by molar-refractivity contribution is -0.146. The van der Waals surface area contributed by atoms with Gasteiger partial charge in [-0.3, -0.25) is 29.1 Å². The molecule has 0 spiro atoms. The maximum atomic E-state index is 12.2. The number of carbonyl (C=O) groups is 3. The number of aliphatic carboxylic acids is 3. The van der Waals surface area contributed by atoms with E-state index in [-0.39, 0.29) is 19.1 Å². The van der Waals surface area contributed by atoms with Crippen molar-refractivity contribution in [1.82, 2.24) is 14.7 Å². The van der Waals surface area contributed by atoms with E-state index in [1.807, 2.05) is 9.80 Å². The van der Waals surface area contributed by atoms with Gasteiger partial charge >= 0.3 is 17.9 Å². The molecule has 9 nitrogen and oxygen atoms in total. The Morgan fingerprint density at radius 2 is 1.33 bits per heavy atom. The summed E-state index contributed by atoms with van der Waals surface area (Å²) in [6, 6.07) is -0.782. The van der Waals surface area contributed by atoms with Gasteiger partial charge in [-0.25, -0.2) is 0 Å². The van der Waals surface area contributed by atoms with Crippen LogP contribution in [-0.2, 0) is 14.4 Å². The van der Waals surface area contributed by atoms with Gasteiger partial charge in [-0.1, -0.05) is 27.7 Å². The van der Waals surface area contributed by atoms with Crippen molar-refractivity contribution in [3.63, 3.8) is 0 Å². The number of nitrogens with zero attached hydrogens (tertiary/aromatic N) is 3. The van der Waals surface area contributed by atoms with E-state index in [0.29, 0.717) is 51.0 Å². The minimum Gasteiger partial charge on any atom is -0.480 e. The minimum absolute atomic E-state index is 0.109. The molecular formula is C21H39N3O6.